The second-order valence-electron chi connectivity index (χ2n) is 3.67. The lowest BCUT2D eigenvalue weighted by atomic mass is 10.2. The first-order valence-corrected chi connectivity index (χ1v) is 6.80. The SMILES string of the molecule is CC(=O)C(C)Br.NC(=S)COc1cccc(C=O)c1. The van der Waals surface area contributed by atoms with Crippen molar-refractivity contribution in [3.05, 3.63) is 29.8 Å². The number of carbonyl (C=O) groups is 2. The summed E-state index contributed by atoms with van der Waals surface area (Å²) in [5.41, 5.74) is 5.82. The van der Waals surface area contributed by atoms with Crippen LogP contribution in [0.15, 0.2) is 24.3 Å². The molecule has 0 saturated heterocycles. The van der Waals surface area contributed by atoms with Gasteiger partial charge in [-0.25, -0.2) is 0 Å². The third kappa shape index (κ3) is 9.32. The molecule has 1 aromatic carbocycles. The van der Waals surface area contributed by atoms with E-state index in [1.54, 1.807) is 31.2 Å². The number of aldehydes is 1. The third-order valence-corrected chi connectivity index (χ3v) is 2.70. The van der Waals surface area contributed by atoms with Crippen LogP contribution in [0.1, 0.15) is 24.2 Å². The largest absolute Gasteiger partial charge is 0.486 e. The Morgan fingerprint density at radius 2 is 2.16 bits per heavy atom. The molecule has 0 aliphatic carbocycles. The van der Waals surface area contributed by atoms with Gasteiger partial charge in [0, 0.05) is 5.56 Å². The number of thiocarbonyl (C=S) groups is 1. The van der Waals surface area contributed by atoms with Crippen LogP contribution in [0.3, 0.4) is 0 Å². The van der Waals surface area contributed by atoms with Crippen LogP contribution in [-0.4, -0.2) is 28.5 Å². The highest BCUT2D eigenvalue weighted by atomic mass is 79.9. The number of hydrogen-bond donors (Lipinski definition) is 1. The second kappa shape index (κ2) is 9.63. The van der Waals surface area contributed by atoms with E-state index < -0.39 is 0 Å². The molecule has 0 aliphatic rings. The summed E-state index contributed by atoms with van der Waals surface area (Å²) in [6.07, 6.45) is 0.758. The highest BCUT2D eigenvalue weighted by Gasteiger charge is 1.97. The van der Waals surface area contributed by atoms with Crippen molar-refractivity contribution >= 4 is 45.2 Å². The van der Waals surface area contributed by atoms with Crippen molar-refractivity contribution in [2.75, 3.05) is 6.61 Å². The summed E-state index contributed by atoms with van der Waals surface area (Å²) >= 11 is 7.73. The quantitative estimate of drug-likeness (QED) is 0.504. The third-order valence-electron chi connectivity index (χ3n) is 1.94. The summed E-state index contributed by atoms with van der Waals surface area (Å²) in [4.78, 5) is 20.8. The van der Waals surface area contributed by atoms with Crippen molar-refractivity contribution in [1.82, 2.24) is 0 Å². The Morgan fingerprint density at radius 1 is 1.58 bits per heavy atom. The molecule has 19 heavy (non-hydrogen) atoms. The van der Waals surface area contributed by atoms with Gasteiger partial charge in [0.1, 0.15) is 29.4 Å². The average molecular weight is 346 g/mol. The van der Waals surface area contributed by atoms with Crippen LogP contribution in [0.25, 0.3) is 0 Å². The van der Waals surface area contributed by atoms with Crippen LogP contribution in [0, 0.1) is 0 Å². The fourth-order valence-corrected chi connectivity index (χ4v) is 0.891. The monoisotopic (exact) mass is 345 g/mol. The molecule has 0 amide bonds. The molecule has 0 radical (unpaired) electrons. The van der Waals surface area contributed by atoms with Gasteiger partial charge in [0.05, 0.1) is 4.83 Å². The molecule has 0 fully saturated rings. The molecule has 0 bridgehead atoms. The Labute approximate surface area is 126 Å². The van der Waals surface area contributed by atoms with Gasteiger partial charge < -0.3 is 10.5 Å². The highest BCUT2D eigenvalue weighted by Crippen LogP contribution is 2.11. The zero-order valence-electron chi connectivity index (χ0n) is 10.8. The van der Waals surface area contributed by atoms with E-state index in [0.717, 1.165) is 6.29 Å². The van der Waals surface area contributed by atoms with Crippen molar-refractivity contribution in [3.63, 3.8) is 0 Å². The van der Waals surface area contributed by atoms with Gasteiger partial charge in [-0.15, -0.1) is 0 Å². The van der Waals surface area contributed by atoms with Crippen molar-refractivity contribution in [3.8, 4) is 5.75 Å². The molecule has 1 unspecified atom stereocenters. The highest BCUT2D eigenvalue weighted by molar-refractivity contribution is 9.10. The van der Waals surface area contributed by atoms with Crippen molar-refractivity contribution < 1.29 is 14.3 Å². The summed E-state index contributed by atoms with van der Waals surface area (Å²) in [6.45, 7) is 3.55. The predicted octanol–water partition coefficient (Wildman–Crippen LogP) is 2.52. The molecule has 4 nitrogen and oxygen atoms in total. The molecule has 0 aromatic heterocycles. The van der Waals surface area contributed by atoms with Gasteiger partial charge in [-0.1, -0.05) is 40.3 Å². The number of ether oxygens (including phenoxy) is 1. The summed E-state index contributed by atoms with van der Waals surface area (Å²) < 4.78 is 5.18. The minimum absolute atomic E-state index is 0.0255. The summed E-state index contributed by atoms with van der Waals surface area (Å²) in [5, 5.41) is 0. The van der Waals surface area contributed by atoms with E-state index in [-0.39, 0.29) is 22.2 Å². The van der Waals surface area contributed by atoms with Crippen LogP contribution in [0.2, 0.25) is 0 Å². The number of alkyl halides is 1. The van der Waals surface area contributed by atoms with Crippen LogP contribution >= 0.6 is 28.1 Å². The Bertz CT molecular complexity index is 449. The molecule has 6 heteroatoms. The average Bonchev–Trinajstić information content (AvgIpc) is 2.37. The maximum absolute atomic E-state index is 10.4. The topological polar surface area (TPSA) is 69.4 Å². The van der Waals surface area contributed by atoms with Gasteiger partial charge in [0.25, 0.3) is 0 Å². The van der Waals surface area contributed by atoms with Crippen molar-refractivity contribution in [1.29, 1.82) is 0 Å². The Morgan fingerprint density at radius 3 is 2.58 bits per heavy atom. The number of rotatable bonds is 5. The number of benzene rings is 1. The van der Waals surface area contributed by atoms with Crippen LogP contribution in [0.5, 0.6) is 5.75 Å². The maximum Gasteiger partial charge on any atom is 0.150 e. The van der Waals surface area contributed by atoms with Gasteiger partial charge in [-0.2, -0.15) is 0 Å². The van der Waals surface area contributed by atoms with Gasteiger partial charge in [0.15, 0.2) is 0 Å². The lowest BCUT2D eigenvalue weighted by Gasteiger charge is -2.04. The molecule has 0 aliphatic heterocycles. The first-order chi connectivity index (χ1) is 8.86. The van der Waals surface area contributed by atoms with E-state index in [1.165, 1.54) is 0 Å². The first-order valence-electron chi connectivity index (χ1n) is 5.47. The summed E-state index contributed by atoms with van der Waals surface area (Å²) in [7, 11) is 0. The zero-order valence-corrected chi connectivity index (χ0v) is 13.2. The van der Waals surface area contributed by atoms with E-state index in [4.69, 9.17) is 10.5 Å². The van der Waals surface area contributed by atoms with Crippen LogP contribution < -0.4 is 10.5 Å². The van der Waals surface area contributed by atoms with E-state index >= 15 is 0 Å². The molecule has 1 atom stereocenters. The zero-order chi connectivity index (χ0) is 14.8. The van der Waals surface area contributed by atoms with Crippen molar-refractivity contribution in [2.24, 2.45) is 5.73 Å². The number of nitrogens with two attached hydrogens (primary N) is 1. The summed E-state index contributed by atoms with van der Waals surface area (Å²) in [6, 6.07) is 6.80. The fraction of sp³-hybridized carbons (Fsp3) is 0.308. The van der Waals surface area contributed by atoms with Gasteiger partial charge in [0.2, 0.25) is 0 Å². The molecule has 1 rings (SSSR count). The molecule has 1 aromatic rings. The smallest absolute Gasteiger partial charge is 0.150 e. The molecule has 0 spiro atoms. The Hall–Kier alpha value is -1.27. The van der Waals surface area contributed by atoms with Gasteiger partial charge in [-0.3, -0.25) is 9.59 Å². The van der Waals surface area contributed by atoms with Gasteiger partial charge in [-0.05, 0) is 26.0 Å². The summed E-state index contributed by atoms with van der Waals surface area (Å²) in [5.74, 6) is 0.771. The lowest BCUT2D eigenvalue weighted by Crippen LogP contribution is -2.17. The molecule has 104 valence electrons. The number of ketones is 1. The van der Waals surface area contributed by atoms with E-state index in [1.807, 2.05) is 6.92 Å². The second-order valence-corrected chi connectivity index (χ2v) is 5.57. The lowest BCUT2D eigenvalue weighted by molar-refractivity contribution is -0.116. The fourth-order valence-electron chi connectivity index (χ4n) is 0.832. The number of carbonyl (C=O) groups excluding carboxylic acids is 2. The standard InChI is InChI=1S/C9H9NO2S.C4H7BrO/c10-9(13)6-12-8-3-1-2-7(4-8)5-11;1-3(5)4(2)6/h1-5H,6H2,(H2,10,13);3H,1-2H3. The van der Waals surface area contributed by atoms with E-state index in [0.29, 0.717) is 11.3 Å². The minimum Gasteiger partial charge on any atom is -0.486 e. The maximum atomic E-state index is 10.4. The van der Waals surface area contributed by atoms with Crippen molar-refractivity contribution in [2.45, 2.75) is 18.7 Å². The van der Waals surface area contributed by atoms with E-state index in [9.17, 15) is 9.59 Å². The molecule has 2 N–H and O–H groups in total. The molecule has 0 saturated carbocycles. The number of halogens is 1. The Balaban J connectivity index is 0.000000459. The molecular weight excluding hydrogens is 330 g/mol. The number of Topliss-reactive ketones (excluding diaryl/α,β-unsaturated/α-hetero) is 1. The molecular formula is C13H16BrNO3S. The van der Waals surface area contributed by atoms with Gasteiger partial charge >= 0.3 is 0 Å². The molecule has 0 heterocycles. The predicted molar refractivity (Wildman–Crippen MR) is 83.2 cm³/mol. The first kappa shape index (κ1) is 17.7. The Kier molecular flexibility index (Phi) is 8.99. The minimum atomic E-state index is 0.0255. The van der Waals surface area contributed by atoms with Crippen LogP contribution in [0.4, 0.5) is 0 Å². The van der Waals surface area contributed by atoms with Crippen LogP contribution in [-0.2, 0) is 4.79 Å². The van der Waals surface area contributed by atoms with E-state index in [2.05, 4.69) is 28.1 Å². The normalized spacial score (nSPS) is 10.7. The number of hydrogen-bond acceptors (Lipinski definition) is 4.